The summed E-state index contributed by atoms with van der Waals surface area (Å²) in [6.45, 7) is 0. The van der Waals surface area contributed by atoms with Gasteiger partial charge in [0.1, 0.15) is 0 Å². The Hall–Kier alpha value is -8.92. The minimum Gasteiger partial charge on any atom is -0.309 e. The van der Waals surface area contributed by atoms with E-state index >= 15 is 0 Å². The summed E-state index contributed by atoms with van der Waals surface area (Å²) in [4.78, 5) is 10.2. The lowest BCUT2D eigenvalue weighted by atomic mass is 9.94. The molecule has 67 heavy (non-hydrogen) atoms. The van der Waals surface area contributed by atoms with Gasteiger partial charge in [0.25, 0.3) is 0 Å². The van der Waals surface area contributed by atoms with Crippen LogP contribution >= 0.6 is 0 Å². The van der Waals surface area contributed by atoms with Crippen molar-refractivity contribution in [3.05, 3.63) is 237 Å². The van der Waals surface area contributed by atoms with E-state index in [9.17, 15) is 0 Å². The molecule has 0 unspecified atom stereocenters. The third-order valence-corrected chi connectivity index (χ3v) is 13.9. The molecule has 0 bridgehead atoms. The van der Waals surface area contributed by atoms with Gasteiger partial charge in [0, 0.05) is 32.8 Å². The third-order valence-electron chi connectivity index (χ3n) is 13.9. The van der Waals surface area contributed by atoms with Gasteiger partial charge in [0.2, 0.25) is 0 Å². The quantitative estimate of drug-likeness (QED) is 0.162. The van der Waals surface area contributed by atoms with E-state index in [4.69, 9.17) is 9.97 Å². The summed E-state index contributed by atoms with van der Waals surface area (Å²) < 4.78 is 2.37. The topological polar surface area (TPSA) is 30.7 Å². The Morgan fingerprint density at radius 3 is 1.19 bits per heavy atom. The maximum absolute atomic E-state index is 5.24. The van der Waals surface area contributed by atoms with Crippen LogP contribution in [-0.2, 0) is 0 Å². The van der Waals surface area contributed by atoms with Crippen molar-refractivity contribution in [2.75, 3.05) is 0 Å². The fourth-order valence-electron chi connectivity index (χ4n) is 10.6. The lowest BCUT2D eigenvalue weighted by Crippen LogP contribution is -1.92. The van der Waals surface area contributed by atoms with Gasteiger partial charge in [-0.3, -0.25) is 4.98 Å². The predicted molar refractivity (Wildman–Crippen MR) is 283 cm³/mol. The van der Waals surface area contributed by atoms with E-state index in [-0.39, 0.29) is 0 Å². The van der Waals surface area contributed by atoms with Crippen molar-refractivity contribution < 1.29 is 0 Å². The normalized spacial score (nSPS) is 11.9. The Balaban J connectivity index is 0.739. The van der Waals surface area contributed by atoms with Crippen molar-refractivity contribution >= 4 is 86.7 Å². The Morgan fingerprint density at radius 2 is 0.657 bits per heavy atom. The van der Waals surface area contributed by atoms with Crippen molar-refractivity contribution in [1.82, 2.24) is 14.5 Å². The van der Waals surface area contributed by atoms with E-state index in [1.165, 1.54) is 104 Å². The molecule has 14 aromatic rings. The first-order valence-electron chi connectivity index (χ1n) is 22.9. The summed E-state index contributed by atoms with van der Waals surface area (Å²) in [6, 6.07) is 84.0. The second-order valence-electron chi connectivity index (χ2n) is 17.8. The molecule has 3 heteroatoms. The number of hydrogen-bond donors (Lipinski definition) is 0. The van der Waals surface area contributed by atoms with Gasteiger partial charge in [-0.2, -0.15) is 0 Å². The van der Waals surface area contributed by atoms with Crippen molar-refractivity contribution in [3.8, 4) is 50.3 Å². The highest BCUT2D eigenvalue weighted by Crippen LogP contribution is 2.38. The van der Waals surface area contributed by atoms with Crippen molar-refractivity contribution in [3.63, 3.8) is 0 Å². The molecule has 0 fully saturated rings. The van der Waals surface area contributed by atoms with Crippen LogP contribution in [0.4, 0.5) is 0 Å². The van der Waals surface area contributed by atoms with Crippen LogP contribution in [0.2, 0.25) is 0 Å². The van der Waals surface area contributed by atoms with E-state index in [2.05, 4.69) is 235 Å². The first-order chi connectivity index (χ1) is 33.2. The van der Waals surface area contributed by atoms with Gasteiger partial charge in [-0.25, -0.2) is 4.98 Å². The van der Waals surface area contributed by atoms with Gasteiger partial charge in [-0.15, -0.1) is 0 Å². The summed E-state index contributed by atoms with van der Waals surface area (Å²) in [6.07, 6.45) is 1.92. The lowest BCUT2D eigenvalue weighted by molar-refractivity contribution is 1.18. The molecular formula is C64H39N3. The number of para-hydroxylation sites is 2. The predicted octanol–water partition coefficient (Wildman–Crippen LogP) is 17.2. The highest BCUT2D eigenvalue weighted by molar-refractivity contribution is 6.23. The lowest BCUT2D eigenvalue weighted by Gasteiger charge is -2.11. The molecule has 2 aromatic heterocycles. The van der Waals surface area contributed by atoms with Gasteiger partial charge in [0.05, 0.1) is 34.0 Å². The molecule has 0 radical (unpaired) electrons. The zero-order valence-corrected chi connectivity index (χ0v) is 36.4. The molecule has 0 spiro atoms. The maximum atomic E-state index is 5.24. The zero-order chi connectivity index (χ0) is 44.0. The summed E-state index contributed by atoms with van der Waals surface area (Å²) in [7, 11) is 0. The molecule has 14 rings (SSSR count). The average molecular weight is 850 g/mol. The number of fused-ring (bicyclic) bond motifs is 12. The van der Waals surface area contributed by atoms with Crippen molar-refractivity contribution in [2.45, 2.75) is 0 Å². The monoisotopic (exact) mass is 849 g/mol. The maximum Gasteiger partial charge on any atom is 0.0979 e. The number of hydrogen-bond acceptors (Lipinski definition) is 2. The molecule has 0 aliphatic carbocycles. The van der Waals surface area contributed by atoms with Crippen molar-refractivity contribution in [1.29, 1.82) is 0 Å². The van der Waals surface area contributed by atoms with E-state index < -0.39 is 0 Å². The molecule has 0 saturated carbocycles. The second kappa shape index (κ2) is 14.8. The van der Waals surface area contributed by atoms with Crippen LogP contribution in [0.25, 0.3) is 137 Å². The molecule has 310 valence electrons. The van der Waals surface area contributed by atoms with Crippen LogP contribution in [0.5, 0.6) is 0 Å². The van der Waals surface area contributed by atoms with E-state index in [0.717, 1.165) is 33.1 Å². The number of aromatic nitrogens is 3. The molecule has 0 aliphatic heterocycles. The Labute approximate surface area is 386 Å². The molecule has 0 atom stereocenters. The van der Waals surface area contributed by atoms with Gasteiger partial charge < -0.3 is 4.57 Å². The zero-order valence-electron chi connectivity index (χ0n) is 36.4. The molecule has 12 aromatic carbocycles. The van der Waals surface area contributed by atoms with Crippen LogP contribution in [0.1, 0.15) is 0 Å². The minimum absolute atomic E-state index is 0.875. The Morgan fingerprint density at radius 1 is 0.269 bits per heavy atom. The Bertz CT molecular complexity index is 4300. The number of nitrogens with zero attached hydrogens (tertiary/aromatic N) is 3. The molecule has 0 saturated heterocycles. The van der Waals surface area contributed by atoms with E-state index in [0.29, 0.717) is 0 Å². The van der Waals surface area contributed by atoms with Crippen LogP contribution in [0.3, 0.4) is 0 Å². The van der Waals surface area contributed by atoms with Gasteiger partial charge in [-0.1, -0.05) is 164 Å². The largest absolute Gasteiger partial charge is 0.309 e. The average Bonchev–Trinajstić information content (AvgIpc) is 3.74. The first-order valence-corrected chi connectivity index (χ1v) is 22.9. The van der Waals surface area contributed by atoms with Crippen molar-refractivity contribution in [2.24, 2.45) is 0 Å². The Kier molecular flexibility index (Phi) is 8.28. The highest BCUT2D eigenvalue weighted by Gasteiger charge is 2.15. The van der Waals surface area contributed by atoms with Gasteiger partial charge in [-0.05, 0) is 143 Å². The summed E-state index contributed by atoms with van der Waals surface area (Å²) in [5.74, 6) is 0. The van der Waals surface area contributed by atoms with Gasteiger partial charge in [0.15, 0.2) is 0 Å². The minimum atomic E-state index is 0.875. The first kappa shape index (κ1) is 37.5. The molecule has 0 amide bonds. The van der Waals surface area contributed by atoms with Crippen LogP contribution in [-0.4, -0.2) is 14.5 Å². The van der Waals surface area contributed by atoms with Crippen LogP contribution in [0, 0.1) is 0 Å². The standard InChI is InChI=1S/C64H39N3/c1-2-10-53(11-3-1)67-61-17-9-8-14-56(61)59-38-51(30-31-62(59)67)49-26-24-45-34-43(22-23-47(45)36-49)41-18-19-42-33-44(21-20-40(42)32-41)46-25-27-50-37-52(29-28-48(50)35-46)60-39-65-63-57-15-6-4-12-54(57)55-13-5-7-16-58(55)64(63)66-60/h1-39H. The van der Waals surface area contributed by atoms with E-state index in [1.807, 2.05) is 6.20 Å². The molecular weight excluding hydrogens is 811 g/mol. The fraction of sp³-hybridized carbons (Fsp3) is 0. The molecule has 2 heterocycles. The molecule has 0 aliphatic rings. The molecule has 0 N–H and O–H groups in total. The number of benzene rings is 12. The fourth-order valence-corrected chi connectivity index (χ4v) is 10.6. The second-order valence-corrected chi connectivity index (χ2v) is 17.8. The summed E-state index contributed by atoms with van der Waals surface area (Å²) in [5.41, 5.74) is 14.7. The van der Waals surface area contributed by atoms with Gasteiger partial charge >= 0.3 is 0 Å². The van der Waals surface area contributed by atoms with Crippen LogP contribution < -0.4 is 0 Å². The number of rotatable bonds is 5. The van der Waals surface area contributed by atoms with Crippen LogP contribution in [0.15, 0.2) is 237 Å². The third kappa shape index (κ3) is 6.13. The summed E-state index contributed by atoms with van der Waals surface area (Å²) in [5, 5.41) is 14.5. The van der Waals surface area contributed by atoms with E-state index in [1.54, 1.807) is 0 Å². The highest BCUT2D eigenvalue weighted by atomic mass is 15.0. The SMILES string of the molecule is c1ccc(-n2c3ccccc3c3cc(-c4ccc5cc(-c6ccc7cc(-c8ccc9cc(-c%10cnc%11c%12ccccc%12c%12ccccc%12c%11n%10)ccc9c8)ccc7c6)ccc5c4)ccc32)cc1. The molecule has 3 nitrogen and oxygen atoms in total. The smallest absolute Gasteiger partial charge is 0.0979 e. The summed E-state index contributed by atoms with van der Waals surface area (Å²) >= 11 is 0.